The molecule has 88 valence electrons. The van der Waals surface area contributed by atoms with E-state index in [1.165, 1.54) is 30.3 Å². The molecule has 0 radical (unpaired) electrons. The van der Waals surface area contributed by atoms with E-state index in [0.717, 1.165) is 0 Å². The Bertz CT molecular complexity index is 619. The lowest BCUT2D eigenvalue weighted by atomic mass is 10.4. The molecule has 2 aromatic heterocycles. The molecule has 0 aliphatic carbocycles. The summed E-state index contributed by atoms with van der Waals surface area (Å²) in [5.41, 5.74) is -0.183. The Morgan fingerprint density at radius 3 is 3.00 bits per heavy atom. The predicted octanol–water partition coefficient (Wildman–Crippen LogP) is 0.396. The first-order valence-electron chi connectivity index (χ1n) is 4.50. The van der Waals surface area contributed by atoms with Gasteiger partial charge in [-0.3, -0.25) is 9.89 Å². The molecule has 0 bridgehead atoms. The van der Waals surface area contributed by atoms with Crippen LogP contribution in [-0.4, -0.2) is 33.1 Å². The zero-order chi connectivity index (χ0) is 12.4. The van der Waals surface area contributed by atoms with Crippen LogP contribution in [0.4, 0.5) is 0 Å². The summed E-state index contributed by atoms with van der Waals surface area (Å²) in [6, 6.07) is 1.17. The molecular formula is C9H7ClN4O3. The minimum absolute atomic E-state index is 0.0181. The van der Waals surface area contributed by atoms with Crippen molar-refractivity contribution in [3.8, 4) is 5.82 Å². The number of ether oxygens (including phenoxy) is 1. The predicted molar refractivity (Wildman–Crippen MR) is 58.3 cm³/mol. The summed E-state index contributed by atoms with van der Waals surface area (Å²) in [4.78, 5) is 22.7. The number of halogens is 1. The van der Waals surface area contributed by atoms with Crippen LogP contribution in [0.15, 0.2) is 23.3 Å². The highest BCUT2D eigenvalue weighted by Gasteiger charge is 2.11. The standard InChI is InChI=1S/C9H7ClN4O3/c1-17-9(16)5-3-11-14(4-5)8-6(15)2-7(10)12-13-8/h2-4H,1H3,(H,12,15). The zero-order valence-electron chi connectivity index (χ0n) is 8.68. The molecule has 0 saturated heterocycles. The van der Waals surface area contributed by atoms with Gasteiger partial charge in [0.25, 0.3) is 0 Å². The van der Waals surface area contributed by atoms with Crippen molar-refractivity contribution in [2.75, 3.05) is 7.11 Å². The highest BCUT2D eigenvalue weighted by atomic mass is 35.5. The van der Waals surface area contributed by atoms with Crippen LogP contribution < -0.4 is 5.43 Å². The van der Waals surface area contributed by atoms with Crippen molar-refractivity contribution < 1.29 is 9.53 Å². The topological polar surface area (TPSA) is 89.9 Å². The van der Waals surface area contributed by atoms with Crippen molar-refractivity contribution in [2.24, 2.45) is 0 Å². The summed E-state index contributed by atoms with van der Waals surface area (Å²) in [6.45, 7) is 0. The van der Waals surface area contributed by atoms with E-state index in [2.05, 4.69) is 20.0 Å². The van der Waals surface area contributed by atoms with Crippen LogP contribution in [0.5, 0.6) is 0 Å². The molecule has 2 heterocycles. The van der Waals surface area contributed by atoms with Gasteiger partial charge in [-0.25, -0.2) is 9.48 Å². The first kappa shape index (κ1) is 11.3. The molecule has 0 spiro atoms. The summed E-state index contributed by atoms with van der Waals surface area (Å²) in [7, 11) is 1.26. The van der Waals surface area contributed by atoms with Crippen molar-refractivity contribution in [2.45, 2.75) is 0 Å². The van der Waals surface area contributed by atoms with Gasteiger partial charge in [-0.2, -0.15) is 10.2 Å². The van der Waals surface area contributed by atoms with Crippen molar-refractivity contribution >= 4 is 17.6 Å². The minimum Gasteiger partial charge on any atom is -0.465 e. The number of carbonyl (C=O) groups excluding carboxylic acids is 1. The van der Waals surface area contributed by atoms with Crippen molar-refractivity contribution in [3.05, 3.63) is 39.4 Å². The second-order valence-electron chi connectivity index (χ2n) is 3.07. The first-order chi connectivity index (χ1) is 8.11. The zero-order valence-corrected chi connectivity index (χ0v) is 9.43. The third-order valence-electron chi connectivity index (χ3n) is 1.97. The number of rotatable bonds is 2. The monoisotopic (exact) mass is 254 g/mol. The van der Waals surface area contributed by atoms with Gasteiger partial charge in [0, 0.05) is 12.3 Å². The van der Waals surface area contributed by atoms with Gasteiger partial charge in [-0.15, -0.1) is 0 Å². The molecular weight excluding hydrogens is 248 g/mol. The van der Waals surface area contributed by atoms with E-state index >= 15 is 0 Å². The number of esters is 1. The van der Waals surface area contributed by atoms with Gasteiger partial charge < -0.3 is 4.74 Å². The summed E-state index contributed by atoms with van der Waals surface area (Å²) in [5.74, 6) is -0.522. The Morgan fingerprint density at radius 1 is 1.59 bits per heavy atom. The lowest BCUT2D eigenvalue weighted by molar-refractivity contribution is 0.0600. The molecule has 2 rings (SSSR count). The van der Waals surface area contributed by atoms with Crippen LogP contribution in [0.3, 0.4) is 0 Å². The number of nitrogens with one attached hydrogen (secondary N) is 1. The quantitative estimate of drug-likeness (QED) is 0.783. The van der Waals surface area contributed by atoms with Gasteiger partial charge in [0.15, 0.2) is 0 Å². The molecule has 8 heteroatoms. The van der Waals surface area contributed by atoms with Gasteiger partial charge in [0.2, 0.25) is 11.2 Å². The molecule has 0 aromatic carbocycles. The summed E-state index contributed by atoms with van der Waals surface area (Å²) >= 11 is 5.56. The second-order valence-corrected chi connectivity index (χ2v) is 3.48. The summed E-state index contributed by atoms with van der Waals surface area (Å²) in [5, 5.41) is 10.1. The summed E-state index contributed by atoms with van der Waals surface area (Å²) < 4.78 is 5.68. The minimum atomic E-state index is -0.540. The fourth-order valence-corrected chi connectivity index (χ4v) is 1.34. The maximum atomic E-state index is 11.5. The molecule has 0 aliphatic rings. The van der Waals surface area contributed by atoms with E-state index in [1.54, 1.807) is 0 Å². The Kier molecular flexibility index (Phi) is 2.92. The van der Waals surface area contributed by atoms with Crippen LogP contribution in [-0.2, 0) is 4.74 Å². The molecule has 1 N–H and O–H groups in total. The van der Waals surface area contributed by atoms with Crippen LogP contribution in [0.2, 0.25) is 5.15 Å². The highest BCUT2D eigenvalue weighted by Crippen LogP contribution is 2.04. The van der Waals surface area contributed by atoms with E-state index in [1.807, 2.05) is 0 Å². The first-order valence-corrected chi connectivity index (χ1v) is 4.88. The lowest BCUT2D eigenvalue weighted by Gasteiger charge is -1.98. The van der Waals surface area contributed by atoms with Gasteiger partial charge in [-0.1, -0.05) is 11.6 Å². The molecule has 2 aromatic rings. The van der Waals surface area contributed by atoms with Gasteiger partial charge in [-0.05, 0) is 0 Å². The normalized spacial score (nSPS) is 10.2. The Labute approximate surface area is 100.0 Å². The van der Waals surface area contributed by atoms with Crippen molar-refractivity contribution in [1.29, 1.82) is 0 Å². The number of aromatic amines is 1. The Morgan fingerprint density at radius 2 is 2.35 bits per heavy atom. The van der Waals surface area contributed by atoms with Gasteiger partial charge >= 0.3 is 5.97 Å². The van der Waals surface area contributed by atoms with E-state index in [-0.39, 0.29) is 16.5 Å². The average Bonchev–Trinajstić information content (AvgIpc) is 2.77. The smallest absolute Gasteiger partial charge is 0.341 e. The number of hydrogen-bond donors (Lipinski definition) is 1. The third-order valence-corrected chi connectivity index (χ3v) is 2.16. The molecule has 0 aliphatic heterocycles. The molecule has 0 saturated carbocycles. The average molecular weight is 255 g/mol. The maximum absolute atomic E-state index is 11.5. The number of methoxy groups -OCH3 is 1. The number of carbonyl (C=O) groups is 1. The molecule has 0 unspecified atom stereocenters. The van der Waals surface area contributed by atoms with E-state index in [4.69, 9.17) is 11.6 Å². The largest absolute Gasteiger partial charge is 0.465 e. The van der Waals surface area contributed by atoms with Crippen LogP contribution in [0.25, 0.3) is 5.82 Å². The number of hydrogen-bond acceptors (Lipinski definition) is 5. The van der Waals surface area contributed by atoms with Crippen LogP contribution >= 0.6 is 11.6 Å². The lowest BCUT2D eigenvalue weighted by Crippen LogP contribution is -2.14. The molecule has 7 nitrogen and oxygen atoms in total. The third kappa shape index (κ3) is 2.18. The Balaban J connectivity index is 2.44. The molecule has 17 heavy (non-hydrogen) atoms. The van der Waals surface area contributed by atoms with Crippen molar-refractivity contribution in [1.82, 2.24) is 20.0 Å². The fraction of sp³-hybridized carbons (Fsp3) is 0.111. The van der Waals surface area contributed by atoms with Crippen molar-refractivity contribution in [3.63, 3.8) is 0 Å². The van der Waals surface area contributed by atoms with Gasteiger partial charge in [0.1, 0.15) is 5.15 Å². The van der Waals surface area contributed by atoms with E-state index < -0.39 is 11.4 Å². The van der Waals surface area contributed by atoms with Crippen LogP contribution in [0, 0.1) is 0 Å². The van der Waals surface area contributed by atoms with E-state index in [9.17, 15) is 9.59 Å². The fourth-order valence-electron chi connectivity index (χ4n) is 1.20. The SMILES string of the molecule is COC(=O)c1cnn(-c2n[nH]c(Cl)cc2=O)c1. The Hall–Kier alpha value is -2.15. The molecule has 0 atom stereocenters. The number of aromatic nitrogens is 4. The van der Waals surface area contributed by atoms with Crippen LogP contribution in [0.1, 0.15) is 10.4 Å². The maximum Gasteiger partial charge on any atom is 0.341 e. The van der Waals surface area contributed by atoms with Gasteiger partial charge in [0.05, 0.1) is 18.9 Å². The second kappa shape index (κ2) is 4.38. The van der Waals surface area contributed by atoms with E-state index in [0.29, 0.717) is 0 Å². The molecule has 0 fully saturated rings. The molecule has 0 amide bonds. The number of nitrogens with zero attached hydrogens (tertiary/aromatic N) is 3. The highest BCUT2D eigenvalue weighted by molar-refractivity contribution is 6.29. The summed E-state index contributed by atoms with van der Waals surface area (Å²) in [6.07, 6.45) is 2.62. The number of H-pyrrole nitrogens is 1.